The van der Waals surface area contributed by atoms with Crippen LogP contribution in [0.25, 0.3) is 0 Å². The molecule has 89 valence electrons. The van der Waals surface area contributed by atoms with E-state index in [1.165, 1.54) is 70.6 Å². The molecule has 0 unspecified atom stereocenters. The van der Waals surface area contributed by atoms with Crippen molar-refractivity contribution < 1.29 is 0 Å². The van der Waals surface area contributed by atoms with Gasteiger partial charge in [0.15, 0.2) is 0 Å². The molecule has 0 atom stereocenters. The van der Waals surface area contributed by atoms with Crippen LogP contribution in [-0.4, -0.2) is 5.37 Å². The maximum atomic E-state index is 4.67. The van der Waals surface area contributed by atoms with Gasteiger partial charge in [0, 0.05) is 5.37 Å². The van der Waals surface area contributed by atoms with Gasteiger partial charge in [0.2, 0.25) is 0 Å². The fourth-order valence-corrected chi connectivity index (χ4v) is 2.01. The monoisotopic (exact) mass is 227 g/mol. The molecule has 0 aromatic rings. The Kier molecular flexibility index (Phi) is 14.2. The summed E-state index contributed by atoms with van der Waals surface area (Å²) in [6.45, 7) is 2.28. The third-order valence-corrected chi connectivity index (χ3v) is 3.09. The van der Waals surface area contributed by atoms with Gasteiger partial charge in [0.05, 0.1) is 0 Å². The molecule has 0 rings (SSSR count). The highest BCUT2D eigenvalue weighted by Crippen LogP contribution is 2.11. The molecule has 0 spiro atoms. The Morgan fingerprint density at radius 3 is 1.47 bits per heavy atom. The standard InChI is InChI=1S/C14H27S/c1-2-3-4-5-6-7-8-9-10-11-12-13-14-15/h2-13H2,1H3. The number of rotatable bonds is 12. The fraction of sp³-hybridized carbons (Fsp3) is 0.929. The van der Waals surface area contributed by atoms with Gasteiger partial charge < -0.3 is 0 Å². The molecular formula is C14H27S. The summed E-state index contributed by atoms with van der Waals surface area (Å²) >= 11 is 4.67. The zero-order valence-corrected chi connectivity index (χ0v) is 11.2. The summed E-state index contributed by atoms with van der Waals surface area (Å²) in [5, 5.41) is 2.78. The minimum Gasteiger partial charge on any atom is -0.0837 e. The second-order valence-electron chi connectivity index (χ2n) is 4.43. The molecule has 0 aromatic carbocycles. The van der Waals surface area contributed by atoms with E-state index >= 15 is 0 Å². The summed E-state index contributed by atoms with van der Waals surface area (Å²) in [5.74, 6) is 0. The summed E-state index contributed by atoms with van der Waals surface area (Å²) in [4.78, 5) is 0. The lowest BCUT2D eigenvalue weighted by molar-refractivity contribution is 0.552. The van der Waals surface area contributed by atoms with Crippen LogP contribution >= 0.6 is 12.2 Å². The maximum Gasteiger partial charge on any atom is 0.0291 e. The first-order valence-electron chi connectivity index (χ1n) is 6.76. The van der Waals surface area contributed by atoms with Gasteiger partial charge in [-0.25, -0.2) is 0 Å². The highest BCUT2D eigenvalue weighted by Gasteiger charge is 1.92. The highest BCUT2D eigenvalue weighted by molar-refractivity contribution is 7.78. The van der Waals surface area contributed by atoms with Crippen molar-refractivity contribution in [2.45, 2.75) is 84.0 Å². The van der Waals surface area contributed by atoms with E-state index in [1.807, 2.05) is 0 Å². The molecule has 1 heteroatoms. The Morgan fingerprint density at radius 1 is 0.667 bits per heavy atom. The summed E-state index contributed by atoms with van der Waals surface area (Å²) in [6, 6.07) is 0. The van der Waals surface area contributed by atoms with E-state index in [9.17, 15) is 0 Å². The molecule has 0 N–H and O–H groups in total. The van der Waals surface area contributed by atoms with Crippen molar-refractivity contribution in [1.82, 2.24) is 0 Å². The molecule has 0 saturated heterocycles. The lowest BCUT2D eigenvalue weighted by atomic mass is 10.1. The molecule has 0 amide bonds. The Morgan fingerprint density at radius 2 is 1.07 bits per heavy atom. The van der Waals surface area contributed by atoms with Crippen molar-refractivity contribution in [3.63, 3.8) is 0 Å². The maximum absolute atomic E-state index is 4.67. The molecule has 0 aromatic heterocycles. The average molecular weight is 227 g/mol. The van der Waals surface area contributed by atoms with E-state index in [2.05, 4.69) is 24.5 Å². The first-order chi connectivity index (χ1) is 7.41. The Balaban J connectivity index is 2.83. The summed E-state index contributed by atoms with van der Waals surface area (Å²) < 4.78 is 0. The van der Waals surface area contributed by atoms with E-state index in [4.69, 9.17) is 0 Å². The Labute approximate surface area is 102 Å². The van der Waals surface area contributed by atoms with E-state index < -0.39 is 0 Å². The van der Waals surface area contributed by atoms with E-state index in [-0.39, 0.29) is 0 Å². The van der Waals surface area contributed by atoms with Crippen LogP contribution in [0, 0.1) is 0 Å². The van der Waals surface area contributed by atoms with Crippen molar-refractivity contribution in [3.05, 3.63) is 0 Å². The van der Waals surface area contributed by atoms with Gasteiger partial charge >= 0.3 is 0 Å². The van der Waals surface area contributed by atoms with Crippen molar-refractivity contribution in [1.29, 1.82) is 0 Å². The zero-order valence-electron chi connectivity index (χ0n) is 10.4. The van der Waals surface area contributed by atoms with Gasteiger partial charge in [0.25, 0.3) is 0 Å². The third kappa shape index (κ3) is 14.1. The van der Waals surface area contributed by atoms with Crippen LogP contribution in [0.5, 0.6) is 0 Å². The van der Waals surface area contributed by atoms with Crippen molar-refractivity contribution in [2.75, 3.05) is 0 Å². The number of hydrogen-bond donors (Lipinski definition) is 0. The van der Waals surface area contributed by atoms with Gasteiger partial charge in [-0.15, -0.1) is 0 Å². The van der Waals surface area contributed by atoms with Crippen molar-refractivity contribution in [2.24, 2.45) is 0 Å². The first-order valence-corrected chi connectivity index (χ1v) is 7.17. The van der Waals surface area contributed by atoms with Gasteiger partial charge in [-0.3, -0.25) is 0 Å². The molecule has 15 heavy (non-hydrogen) atoms. The molecule has 0 aliphatic carbocycles. The first kappa shape index (κ1) is 15.1. The molecule has 0 fully saturated rings. The second-order valence-corrected chi connectivity index (χ2v) is 4.72. The van der Waals surface area contributed by atoms with E-state index in [0.29, 0.717) is 0 Å². The fourth-order valence-electron chi connectivity index (χ4n) is 1.86. The minimum absolute atomic E-state index is 1.01. The van der Waals surface area contributed by atoms with Crippen LogP contribution in [0.15, 0.2) is 0 Å². The van der Waals surface area contributed by atoms with Gasteiger partial charge in [-0.1, -0.05) is 83.3 Å². The molecular weight excluding hydrogens is 200 g/mol. The predicted molar refractivity (Wildman–Crippen MR) is 73.7 cm³/mol. The number of hydrogen-bond acceptors (Lipinski definition) is 1. The van der Waals surface area contributed by atoms with E-state index in [1.54, 1.807) is 0 Å². The molecule has 0 bridgehead atoms. The molecule has 0 nitrogen and oxygen atoms in total. The molecule has 0 saturated carbocycles. The normalized spacial score (nSPS) is 10.5. The van der Waals surface area contributed by atoms with Crippen LogP contribution in [0.1, 0.15) is 84.0 Å². The van der Waals surface area contributed by atoms with Crippen LogP contribution in [0.4, 0.5) is 0 Å². The van der Waals surface area contributed by atoms with Gasteiger partial charge in [0.1, 0.15) is 0 Å². The largest absolute Gasteiger partial charge is 0.0837 e. The Bertz CT molecular complexity index is 121. The summed E-state index contributed by atoms with van der Waals surface area (Å²) in [5.41, 5.74) is 0. The topological polar surface area (TPSA) is 0 Å². The lowest BCUT2D eigenvalue weighted by Gasteiger charge is -2.01. The molecule has 0 aliphatic heterocycles. The van der Waals surface area contributed by atoms with Gasteiger partial charge in [-0.05, 0) is 12.8 Å². The quantitative estimate of drug-likeness (QED) is 0.310. The van der Waals surface area contributed by atoms with Crippen LogP contribution in [0.3, 0.4) is 0 Å². The summed E-state index contributed by atoms with van der Waals surface area (Å²) in [7, 11) is 0. The Hall–Kier alpha value is 0.0900. The van der Waals surface area contributed by atoms with Crippen LogP contribution < -0.4 is 0 Å². The van der Waals surface area contributed by atoms with Crippen LogP contribution in [0.2, 0.25) is 0 Å². The molecule has 0 heterocycles. The molecule has 0 aliphatic rings. The smallest absolute Gasteiger partial charge is 0.0291 e. The zero-order chi connectivity index (χ0) is 11.2. The van der Waals surface area contributed by atoms with Crippen molar-refractivity contribution >= 4 is 17.6 Å². The lowest BCUT2D eigenvalue weighted by Crippen LogP contribution is -1.82. The molecule has 1 radical (unpaired) electrons. The van der Waals surface area contributed by atoms with E-state index in [0.717, 1.165) is 6.42 Å². The minimum atomic E-state index is 1.01. The second kappa shape index (κ2) is 14.1. The van der Waals surface area contributed by atoms with Crippen molar-refractivity contribution in [3.8, 4) is 0 Å². The third-order valence-electron chi connectivity index (χ3n) is 2.88. The highest BCUT2D eigenvalue weighted by atomic mass is 32.1. The van der Waals surface area contributed by atoms with Crippen LogP contribution in [-0.2, 0) is 0 Å². The average Bonchev–Trinajstić information content (AvgIpc) is 2.26. The summed E-state index contributed by atoms with van der Waals surface area (Å²) in [6.07, 6.45) is 16.4. The number of thiocarbonyl (C=S) groups is 1. The van der Waals surface area contributed by atoms with Gasteiger partial charge in [-0.2, -0.15) is 0 Å². The predicted octanol–water partition coefficient (Wildman–Crippen LogP) is 5.56. The number of unbranched alkanes of at least 4 members (excludes halogenated alkanes) is 11. The SMILES string of the molecule is CCCCCCCCCCCCC[C]=S.